The summed E-state index contributed by atoms with van der Waals surface area (Å²) in [5.74, 6) is -0.297. The lowest BCUT2D eigenvalue weighted by molar-refractivity contribution is 0.0697. The molecule has 0 radical (unpaired) electrons. The zero-order valence-electron chi connectivity index (χ0n) is 10.1. The second-order valence-electron chi connectivity index (χ2n) is 4.76. The van der Waals surface area contributed by atoms with Crippen molar-refractivity contribution in [3.05, 3.63) is 27.7 Å². The molecule has 2 rings (SSSR count). The standard InChI is InChI=1S/C13H15Cl2NO2/c1-8-2-4-16(5-3-8)12-10(14)6-9(13(17)18)7-11(12)15/h6-8H,2-5H2,1H3,(H,17,18). The van der Waals surface area contributed by atoms with E-state index in [2.05, 4.69) is 11.8 Å². The molecule has 0 unspecified atom stereocenters. The molecule has 18 heavy (non-hydrogen) atoms. The minimum Gasteiger partial charge on any atom is -0.478 e. The van der Waals surface area contributed by atoms with E-state index < -0.39 is 5.97 Å². The predicted octanol–water partition coefficient (Wildman–Crippen LogP) is 3.93. The largest absolute Gasteiger partial charge is 0.478 e. The van der Waals surface area contributed by atoms with Crippen molar-refractivity contribution in [3.63, 3.8) is 0 Å². The van der Waals surface area contributed by atoms with Crippen molar-refractivity contribution in [3.8, 4) is 0 Å². The first-order valence-corrected chi connectivity index (χ1v) is 6.72. The Morgan fingerprint density at radius 3 is 2.22 bits per heavy atom. The van der Waals surface area contributed by atoms with Crippen LogP contribution < -0.4 is 4.90 Å². The number of rotatable bonds is 2. The van der Waals surface area contributed by atoms with Crippen molar-refractivity contribution in [2.45, 2.75) is 19.8 Å². The summed E-state index contributed by atoms with van der Waals surface area (Å²) in [5, 5.41) is 9.76. The van der Waals surface area contributed by atoms with Gasteiger partial charge in [-0.25, -0.2) is 4.79 Å². The van der Waals surface area contributed by atoms with Crippen LogP contribution in [0.2, 0.25) is 10.0 Å². The van der Waals surface area contributed by atoms with Gasteiger partial charge in [-0.2, -0.15) is 0 Å². The minimum atomic E-state index is -1.02. The number of nitrogens with zero attached hydrogens (tertiary/aromatic N) is 1. The highest BCUT2D eigenvalue weighted by molar-refractivity contribution is 6.39. The van der Waals surface area contributed by atoms with Gasteiger partial charge in [0.2, 0.25) is 0 Å². The van der Waals surface area contributed by atoms with Crippen LogP contribution in [0.4, 0.5) is 5.69 Å². The first kappa shape index (κ1) is 13.5. The van der Waals surface area contributed by atoms with Crippen molar-refractivity contribution in [2.24, 2.45) is 5.92 Å². The molecule has 1 saturated heterocycles. The number of hydrogen-bond acceptors (Lipinski definition) is 2. The Bertz CT molecular complexity index is 445. The van der Waals surface area contributed by atoms with Gasteiger partial charge in [-0.1, -0.05) is 30.1 Å². The van der Waals surface area contributed by atoms with E-state index in [1.807, 2.05) is 0 Å². The van der Waals surface area contributed by atoms with Gasteiger partial charge < -0.3 is 10.0 Å². The SMILES string of the molecule is CC1CCN(c2c(Cl)cc(C(=O)O)cc2Cl)CC1. The Hall–Kier alpha value is -0.930. The van der Waals surface area contributed by atoms with Crippen LogP contribution in [0.25, 0.3) is 0 Å². The molecule has 0 spiro atoms. The van der Waals surface area contributed by atoms with Gasteiger partial charge in [0, 0.05) is 13.1 Å². The summed E-state index contributed by atoms with van der Waals surface area (Å²) < 4.78 is 0. The number of carboxylic acid groups (broad SMARTS) is 1. The number of benzene rings is 1. The molecule has 1 aliphatic rings. The van der Waals surface area contributed by atoms with Gasteiger partial charge in [0.25, 0.3) is 0 Å². The molecule has 0 bridgehead atoms. The van der Waals surface area contributed by atoms with Crippen LogP contribution in [0.3, 0.4) is 0 Å². The van der Waals surface area contributed by atoms with Crippen LogP contribution in [-0.2, 0) is 0 Å². The number of anilines is 1. The molecule has 1 fully saturated rings. The average Bonchev–Trinajstić information content (AvgIpc) is 2.30. The van der Waals surface area contributed by atoms with Crippen molar-refractivity contribution in [1.82, 2.24) is 0 Å². The molecule has 5 heteroatoms. The van der Waals surface area contributed by atoms with Gasteiger partial charge in [-0.3, -0.25) is 0 Å². The maximum atomic E-state index is 10.9. The second-order valence-corrected chi connectivity index (χ2v) is 5.58. The van der Waals surface area contributed by atoms with Gasteiger partial charge in [0.1, 0.15) is 0 Å². The zero-order valence-corrected chi connectivity index (χ0v) is 11.6. The van der Waals surface area contributed by atoms with Gasteiger partial charge >= 0.3 is 5.97 Å². The molecule has 0 amide bonds. The molecule has 3 nitrogen and oxygen atoms in total. The van der Waals surface area contributed by atoms with E-state index in [1.54, 1.807) is 0 Å². The fourth-order valence-electron chi connectivity index (χ4n) is 2.22. The predicted molar refractivity (Wildman–Crippen MR) is 74.0 cm³/mol. The molecule has 0 saturated carbocycles. The molecule has 1 heterocycles. The highest BCUT2D eigenvalue weighted by Gasteiger charge is 2.21. The lowest BCUT2D eigenvalue weighted by Gasteiger charge is -2.33. The number of carboxylic acids is 1. The van der Waals surface area contributed by atoms with Crippen LogP contribution in [0.15, 0.2) is 12.1 Å². The van der Waals surface area contributed by atoms with Gasteiger partial charge in [-0.15, -0.1) is 0 Å². The van der Waals surface area contributed by atoms with Crippen molar-refractivity contribution in [2.75, 3.05) is 18.0 Å². The highest BCUT2D eigenvalue weighted by Crippen LogP contribution is 2.37. The third-order valence-corrected chi connectivity index (χ3v) is 3.94. The van der Waals surface area contributed by atoms with E-state index in [0.717, 1.165) is 37.5 Å². The smallest absolute Gasteiger partial charge is 0.335 e. The molecule has 1 aromatic carbocycles. The molecule has 0 aliphatic carbocycles. The Balaban J connectivity index is 2.31. The Morgan fingerprint density at radius 1 is 1.28 bits per heavy atom. The fraction of sp³-hybridized carbons (Fsp3) is 0.462. The number of hydrogen-bond donors (Lipinski definition) is 1. The normalized spacial score (nSPS) is 16.9. The average molecular weight is 288 g/mol. The Kier molecular flexibility index (Phi) is 4.03. The summed E-state index contributed by atoms with van der Waals surface area (Å²) in [6, 6.07) is 2.92. The summed E-state index contributed by atoms with van der Waals surface area (Å²) in [5.41, 5.74) is 0.884. The van der Waals surface area contributed by atoms with Crippen molar-refractivity contribution in [1.29, 1.82) is 0 Å². The Morgan fingerprint density at radius 2 is 1.78 bits per heavy atom. The van der Waals surface area contributed by atoms with E-state index in [0.29, 0.717) is 10.0 Å². The van der Waals surface area contributed by atoms with Crippen LogP contribution in [0.1, 0.15) is 30.1 Å². The highest BCUT2D eigenvalue weighted by atomic mass is 35.5. The number of piperidine rings is 1. The third kappa shape index (κ3) is 2.73. The summed E-state index contributed by atoms with van der Waals surface area (Å²) >= 11 is 12.3. The lowest BCUT2D eigenvalue weighted by atomic mass is 9.98. The molecule has 1 aromatic rings. The molecule has 0 atom stereocenters. The summed E-state index contributed by atoms with van der Waals surface area (Å²) in [6.45, 7) is 4.05. The van der Waals surface area contributed by atoms with Gasteiger partial charge in [0.15, 0.2) is 0 Å². The third-order valence-electron chi connectivity index (χ3n) is 3.36. The summed E-state index contributed by atoms with van der Waals surface area (Å²) in [4.78, 5) is 13.0. The molecule has 0 aromatic heterocycles. The fourth-order valence-corrected chi connectivity index (χ4v) is 2.95. The van der Waals surface area contributed by atoms with Crippen LogP contribution in [0.5, 0.6) is 0 Å². The maximum Gasteiger partial charge on any atom is 0.335 e. The first-order valence-electron chi connectivity index (χ1n) is 5.96. The molecule has 98 valence electrons. The summed E-state index contributed by atoms with van der Waals surface area (Å²) in [7, 11) is 0. The summed E-state index contributed by atoms with van der Waals surface area (Å²) in [6.07, 6.45) is 2.21. The van der Waals surface area contributed by atoms with Gasteiger partial charge in [-0.05, 0) is 30.9 Å². The van der Waals surface area contributed by atoms with E-state index in [9.17, 15) is 4.79 Å². The van der Waals surface area contributed by atoms with Crippen molar-refractivity contribution < 1.29 is 9.90 Å². The first-order chi connectivity index (χ1) is 8.49. The number of halogens is 2. The van der Waals surface area contributed by atoms with Crippen LogP contribution >= 0.6 is 23.2 Å². The molecular formula is C13H15Cl2NO2. The van der Waals surface area contributed by atoms with Gasteiger partial charge in [0.05, 0.1) is 21.3 Å². The Labute approximate surface area is 116 Å². The monoisotopic (exact) mass is 287 g/mol. The zero-order chi connectivity index (χ0) is 13.3. The number of carbonyl (C=O) groups is 1. The minimum absolute atomic E-state index is 0.124. The van der Waals surface area contributed by atoms with E-state index in [1.165, 1.54) is 12.1 Å². The van der Waals surface area contributed by atoms with Crippen LogP contribution in [0, 0.1) is 5.92 Å². The lowest BCUT2D eigenvalue weighted by Crippen LogP contribution is -2.33. The van der Waals surface area contributed by atoms with Crippen molar-refractivity contribution >= 4 is 34.9 Å². The molecule has 1 aliphatic heterocycles. The molecular weight excluding hydrogens is 273 g/mol. The van der Waals surface area contributed by atoms with E-state index in [4.69, 9.17) is 28.3 Å². The quantitative estimate of drug-likeness (QED) is 0.896. The maximum absolute atomic E-state index is 10.9. The van der Waals surface area contributed by atoms with Crippen LogP contribution in [-0.4, -0.2) is 24.2 Å². The van der Waals surface area contributed by atoms with E-state index >= 15 is 0 Å². The van der Waals surface area contributed by atoms with E-state index in [-0.39, 0.29) is 5.56 Å². The second kappa shape index (κ2) is 5.37. The molecule has 1 N–H and O–H groups in total. The topological polar surface area (TPSA) is 40.5 Å². The number of aromatic carboxylic acids is 1.